The first-order valence-electron chi connectivity index (χ1n) is 8.12. The maximum Gasteiger partial charge on any atom is 0.332 e. The Labute approximate surface area is 155 Å². The molecule has 12 nitrogen and oxygen atoms in total. The molecule has 0 radical (unpaired) electrons. The van der Waals surface area contributed by atoms with E-state index in [4.69, 9.17) is 9.15 Å². The summed E-state index contributed by atoms with van der Waals surface area (Å²) in [4.78, 5) is 40.9. The molecule has 0 aliphatic carbocycles. The van der Waals surface area contributed by atoms with E-state index < -0.39 is 17.2 Å². The van der Waals surface area contributed by atoms with Crippen molar-refractivity contribution in [1.82, 2.24) is 29.1 Å². The van der Waals surface area contributed by atoms with Gasteiger partial charge in [0.2, 0.25) is 5.91 Å². The van der Waals surface area contributed by atoms with Crippen molar-refractivity contribution in [2.45, 2.75) is 6.54 Å². The number of ether oxygens (including phenoxy) is 1. The van der Waals surface area contributed by atoms with Gasteiger partial charge < -0.3 is 9.15 Å². The fraction of sp³-hybridized carbons (Fsp3) is 0.250. The standard InChI is InChI=1S/C16H15N7O5/c1-21-13-12(14(25)22(2)16(21)26)23(20-19-13)7-11(24)18-15-17-9-5-4-8(27-3)6-10(9)28-15/h4-6H,7H2,1-3H3,(H,17,18,24). The number of nitrogens with zero attached hydrogens (tertiary/aromatic N) is 6. The van der Waals surface area contributed by atoms with E-state index in [0.717, 1.165) is 9.25 Å². The van der Waals surface area contributed by atoms with Crippen molar-refractivity contribution in [1.29, 1.82) is 0 Å². The molecule has 3 heterocycles. The average Bonchev–Trinajstić information content (AvgIpc) is 3.27. The lowest BCUT2D eigenvalue weighted by atomic mass is 10.3. The van der Waals surface area contributed by atoms with Gasteiger partial charge >= 0.3 is 11.7 Å². The Hall–Kier alpha value is -3.96. The Balaban J connectivity index is 1.62. The highest BCUT2D eigenvalue weighted by molar-refractivity contribution is 5.90. The summed E-state index contributed by atoms with van der Waals surface area (Å²) in [6.45, 7) is -0.314. The van der Waals surface area contributed by atoms with Crippen LogP contribution in [0.3, 0.4) is 0 Å². The highest BCUT2D eigenvalue weighted by atomic mass is 16.5. The van der Waals surface area contributed by atoms with Gasteiger partial charge in [0.1, 0.15) is 17.8 Å². The van der Waals surface area contributed by atoms with Crippen LogP contribution in [-0.2, 0) is 25.4 Å². The number of aryl methyl sites for hydroxylation is 1. The predicted octanol–water partition coefficient (Wildman–Crippen LogP) is -0.383. The number of aromatic nitrogens is 6. The van der Waals surface area contributed by atoms with Crippen LogP contribution in [0.2, 0.25) is 0 Å². The molecule has 0 aliphatic heterocycles. The molecule has 0 bridgehead atoms. The number of nitrogens with one attached hydrogen (secondary N) is 1. The SMILES string of the molecule is COc1ccc2nc(NC(=O)Cn3nnc4c3c(=O)n(C)c(=O)n4C)oc2c1. The number of anilines is 1. The van der Waals surface area contributed by atoms with Crippen molar-refractivity contribution in [3.8, 4) is 5.75 Å². The molecule has 4 rings (SSSR count). The molecule has 0 spiro atoms. The normalized spacial score (nSPS) is 11.2. The molecule has 0 aliphatic rings. The minimum Gasteiger partial charge on any atom is -0.497 e. The summed E-state index contributed by atoms with van der Waals surface area (Å²) in [7, 11) is 4.34. The zero-order valence-corrected chi connectivity index (χ0v) is 15.2. The van der Waals surface area contributed by atoms with Crippen molar-refractivity contribution in [3.05, 3.63) is 39.0 Å². The van der Waals surface area contributed by atoms with Crippen LogP contribution in [-0.4, -0.2) is 42.1 Å². The van der Waals surface area contributed by atoms with Gasteiger partial charge in [0.25, 0.3) is 5.56 Å². The van der Waals surface area contributed by atoms with Gasteiger partial charge in [0.15, 0.2) is 16.7 Å². The van der Waals surface area contributed by atoms with Crippen LogP contribution in [0.5, 0.6) is 5.75 Å². The molecule has 3 aromatic heterocycles. The van der Waals surface area contributed by atoms with Crippen LogP contribution in [0.15, 0.2) is 32.2 Å². The summed E-state index contributed by atoms with van der Waals surface area (Å²) < 4.78 is 13.8. The number of hydrogen-bond acceptors (Lipinski definition) is 8. The van der Waals surface area contributed by atoms with Gasteiger partial charge in [-0.15, -0.1) is 5.10 Å². The third-order valence-electron chi connectivity index (χ3n) is 4.25. The Bertz CT molecular complexity index is 1340. The van der Waals surface area contributed by atoms with Crippen molar-refractivity contribution in [2.75, 3.05) is 12.4 Å². The lowest BCUT2D eigenvalue weighted by molar-refractivity contribution is -0.117. The number of amides is 1. The number of benzene rings is 1. The fourth-order valence-electron chi connectivity index (χ4n) is 2.79. The van der Waals surface area contributed by atoms with E-state index in [2.05, 4.69) is 20.6 Å². The summed E-state index contributed by atoms with van der Waals surface area (Å²) in [6.07, 6.45) is 0. The highest BCUT2D eigenvalue weighted by Crippen LogP contribution is 2.23. The second-order valence-electron chi connectivity index (χ2n) is 6.03. The molecule has 4 aromatic rings. The molecule has 0 unspecified atom stereocenters. The van der Waals surface area contributed by atoms with Gasteiger partial charge in [0.05, 0.1) is 7.11 Å². The Kier molecular flexibility index (Phi) is 3.95. The topological polar surface area (TPSA) is 139 Å². The minimum atomic E-state index is -0.593. The van der Waals surface area contributed by atoms with Crippen LogP contribution >= 0.6 is 0 Å². The van der Waals surface area contributed by atoms with Gasteiger partial charge in [0, 0.05) is 20.2 Å². The first kappa shape index (κ1) is 17.5. The zero-order chi connectivity index (χ0) is 20.0. The molecule has 1 N–H and O–H groups in total. The third-order valence-corrected chi connectivity index (χ3v) is 4.25. The maximum atomic E-state index is 12.4. The van der Waals surface area contributed by atoms with E-state index in [9.17, 15) is 14.4 Å². The summed E-state index contributed by atoms with van der Waals surface area (Å²) in [5, 5.41) is 10.1. The smallest absolute Gasteiger partial charge is 0.332 e. The largest absolute Gasteiger partial charge is 0.497 e. The van der Waals surface area contributed by atoms with Gasteiger partial charge in [-0.2, -0.15) is 4.98 Å². The summed E-state index contributed by atoms with van der Waals surface area (Å²) in [6, 6.07) is 5.06. The molecule has 12 heteroatoms. The maximum absolute atomic E-state index is 12.4. The molecule has 1 aromatic carbocycles. The number of carbonyl (C=O) groups is 1. The molecule has 0 saturated carbocycles. The van der Waals surface area contributed by atoms with Crippen LogP contribution in [0.25, 0.3) is 22.3 Å². The minimum absolute atomic E-state index is 0.00187. The van der Waals surface area contributed by atoms with Crippen molar-refractivity contribution in [3.63, 3.8) is 0 Å². The molecule has 0 fully saturated rings. The van der Waals surface area contributed by atoms with E-state index in [1.807, 2.05) is 0 Å². The first-order valence-corrected chi connectivity index (χ1v) is 8.12. The van der Waals surface area contributed by atoms with Gasteiger partial charge in [-0.3, -0.25) is 24.0 Å². The highest BCUT2D eigenvalue weighted by Gasteiger charge is 2.18. The van der Waals surface area contributed by atoms with E-state index in [1.165, 1.54) is 25.8 Å². The number of hydrogen-bond donors (Lipinski definition) is 1. The molecule has 0 saturated heterocycles. The molecular weight excluding hydrogens is 370 g/mol. The lowest BCUT2D eigenvalue weighted by Crippen LogP contribution is -2.38. The number of fused-ring (bicyclic) bond motifs is 2. The van der Waals surface area contributed by atoms with Crippen molar-refractivity contribution >= 4 is 34.2 Å². The molecule has 144 valence electrons. The number of rotatable bonds is 4. The summed E-state index contributed by atoms with van der Waals surface area (Å²) >= 11 is 0. The van der Waals surface area contributed by atoms with E-state index in [1.54, 1.807) is 18.2 Å². The van der Waals surface area contributed by atoms with E-state index in [0.29, 0.717) is 16.8 Å². The predicted molar refractivity (Wildman–Crippen MR) is 97.2 cm³/mol. The third kappa shape index (κ3) is 2.71. The average molecular weight is 385 g/mol. The van der Waals surface area contributed by atoms with E-state index in [-0.39, 0.29) is 23.7 Å². The number of methoxy groups -OCH3 is 1. The van der Waals surface area contributed by atoms with Gasteiger partial charge in [-0.05, 0) is 12.1 Å². The summed E-state index contributed by atoms with van der Waals surface area (Å²) in [5.74, 6) is 0.0679. The molecular formula is C16H15N7O5. The molecule has 0 atom stereocenters. The zero-order valence-electron chi connectivity index (χ0n) is 15.2. The van der Waals surface area contributed by atoms with Gasteiger partial charge in [-0.25, -0.2) is 9.48 Å². The molecule has 28 heavy (non-hydrogen) atoms. The second kappa shape index (κ2) is 6.33. The van der Waals surface area contributed by atoms with Crippen LogP contribution in [0.4, 0.5) is 6.01 Å². The van der Waals surface area contributed by atoms with E-state index >= 15 is 0 Å². The van der Waals surface area contributed by atoms with Crippen LogP contribution < -0.4 is 21.3 Å². The molecule has 1 amide bonds. The monoisotopic (exact) mass is 385 g/mol. The number of carbonyl (C=O) groups excluding carboxylic acids is 1. The first-order chi connectivity index (χ1) is 13.4. The Morgan fingerprint density at radius 1 is 1.25 bits per heavy atom. The van der Waals surface area contributed by atoms with Crippen molar-refractivity contribution < 1.29 is 13.9 Å². The fourth-order valence-corrected chi connectivity index (χ4v) is 2.79. The summed E-state index contributed by atoms with van der Waals surface area (Å²) in [5.41, 5.74) is 0.00794. The Morgan fingerprint density at radius 2 is 2.04 bits per heavy atom. The lowest BCUT2D eigenvalue weighted by Gasteiger charge is -2.04. The Morgan fingerprint density at radius 3 is 2.79 bits per heavy atom. The van der Waals surface area contributed by atoms with Crippen molar-refractivity contribution in [2.24, 2.45) is 14.1 Å². The van der Waals surface area contributed by atoms with Gasteiger partial charge in [-0.1, -0.05) is 5.21 Å². The quantitative estimate of drug-likeness (QED) is 0.501. The van der Waals surface area contributed by atoms with Crippen LogP contribution in [0, 0.1) is 0 Å². The van der Waals surface area contributed by atoms with Crippen LogP contribution in [0.1, 0.15) is 0 Å². The number of oxazole rings is 1. The second-order valence-corrected chi connectivity index (χ2v) is 6.03.